The molecule has 1 saturated heterocycles. The summed E-state index contributed by atoms with van der Waals surface area (Å²) in [5, 5.41) is 1.51. The van der Waals surface area contributed by atoms with Crippen molar-refractivity contribution in [3.8, 4) is 5.75 Å². The topological polar surface area (TPSA) is 60.2 Å². The van der Waals surface area contributed by atoms with Crippen molar-refractivity contribution in [2.24, 2.45) is 7.05 Å². The predicted molar refractivity (Wildman–Crippen MR) is 123 cm³/mol. The first-order valence-corrected chi connectivity index (χ1v) is 11.6. The van der Waals surface area contributed by atoms with E-state index < -0.39 is 0 Å². The molecule has 0 spiro atoms. The number of rotatable bonds is 6. The minimum atomic E-state index is -0.267. The molecule has 0 bridgehead atoms. The Morgan fingerprint density at radius 1 is 1.13 bits per heavy atom. The van der Waals surface area contributed by atoms with Gasteiger partial charge >= 0.3 is 6.09 Å². The number of aryl methyl sites for hydroxylation is 4. The van der Waals surface area contributed by atoms with E-state index in [0.29, 0.717) is 24.1 Å². The van der Waals surface area contributed by atoms with Crippen LogP contribution in [0.15, 0.2) is 60.0 Å². The van der Waals surface area contributed by atoms with E-state index in [4.69, 9.17) is 4.74 Å². The Kier molecular flexibility index (Phi) is 6.92. The summed E-state index contributed by atoms with van der Waals surface area (Å²) in [7, 11) is 2.01. The van der Waals surface area contributed by atoms with Crippen LogP contribution in [0.1, 0.15) is 29.8 Å². The minimum Gasteiger partial charge on any atom is -0.410 e. The summed E-state index contributed by atoms with van der Waals surface area (Å²) in [6, 6.07) is 13.9. The van der Waals surface area contributed by atoms with Gasteiger partial charge in [0.25, 0.3) is 0 Å². The average molecular weight is 437 g/mol. The third kappa shape index (κ3) is 5.88. The summed E-state index contributed by atoms with van der Waals surface area (Å²) in [6.45, 7) is 3.43. The van der Waals surface area contributed by atoms with Gasteiger partial charge < -0.3 is 14.2 Å². The van der Waals surface area contributed by atoms with Crippen LogP contribution in [-0.2, 0) is 19.9 Å². The molecule has 1 aliphatic heterocycles. The van der Waals surface area contributed by atoms with Crippen molar-refractivity contribution in [1.29, 1.82) is 0 Å². The van der Waals surface area contributed by atoms with Gasteiger partial charge in [0.15, 0.2) is 5.16 Å². The number of likely N-dealkylation sites (tertiary alicyclic amines) is 1. The summed E-state index contributed by atoms with van der Waals surface area (Å²) < 4.78 is 7.63. The lowest BCUT2D eigenvalue weighted by Crippen LogP contribution is -2.40. The van der Waals surface area contributed by atoms with Gasteiger partial charge in [0.2, 0.25) is 0 Å². The van der Waals surface area contributed by atoms with Crippen molar-refractivity contribution in [3.05, 3.63) is 71.8 Å². The predicted octanol–water partition coefficient (Wildman–Crippen LogP) is 4.66. The number of piperidine rings is 1. The number of hydrogen-bond acceptors (Lipinski definition) is 5. The van der Waals surface area contributed by atoms with E-state index in [1.54, 1.807) is 16.7 Å². The summed E-state index contributed by atoms with van der Waals surface area (Å²) in [6.07, 6.45) is 7.20. The van der Waals surface area contributed by atoms with Crippen molar-refractivity contribution >= 4 is 17.9 Å². The molecule has 0 radical (unpaired) electrons. The maximum Gasteiger partial charge on any atom is 0.415 e. The van der Waals surface area contributed by atoms with E-state index in [9.17, 15) is 4.79 Å². The first-order chi connectivity index (χ1) is 15.1. The standard InChI is InChI=1S/C24H28N4O2S/c1-18-4-3-5-20(26-18)9-6-19-7-10-21(11-8-19)30-24(29)28-15-12-22(13-16-28)31-23-25-14-17-27(23)2/h3-5,7-8,10-11,14,17,22H,6,9,12-13,15-16H2,1-2H3. The Morgan fingerprint density at radius 3 is 2.58 bits per heavy atom. The average Bonchev–Trinajstić information content (AvgIpc) is 3.18. The molecule has 0 atom stereocenters. The largest absolute Gasteiger partial charge is 0.415 e. The Bertz CT molecular complexity index is 1010. The number of carbonyl (C=O) groups is 1. The molecule has 0 aliphatic carbocycles. The molecule has 1 aromatic carbocycles. The second kappa shape index (κ2) is 10.0. The first-order valence-electron chi connectivity index (χ1n) is 10.7. The van der Waals surface area contributed by atoms with E-state index in [0.717, 1.165) is 42.2 Å². The number of carbonyl (C=O) groups excluding carboxylic acids is 1. The van der Waals surface area contributed by atoms with Crippen molar-refractivity contribution in [1.82, 2.24) is 19.4 Å². The lowest BCUT2D eigenvalue weighted by atomic mass is 10.1. The lowest BCUT2D eigenvalue weighted by Gasteiger charge is -2.30. The molecular weight excluding hydrogens is 408 g/mol. The van der Waals surface area contributed by atoms with E-state index >= 15 is 0 Å². The van der Waals surface area contributed by atoms with E-state index in [2.05, 4.69) is 16.0 Å². The fraction of sp³-hybridized carbons (Fsp3) is 0.375. The zero-order chi connectivity index (χ0) is 21.6. The van der Waals surface area contributed by atoms with Crippen LogP contribution in [0.25, 0.3) is 0 Å². The van der Waals surface area contributed by atoms with Crippen LogP contribution in [0.3, 0.4) is 0 Å². The molecule has 3 aromatic rings. The molecule has 7 heteroatoms. The summed E-state index contributed by atoms with van der Waals surface area (Å²) >= 11 is 1.79. The van der Waals surface area contributed by atoms with Gasteiger partial charge in [-0.2, -0.15) is 0 Å². The zero-order valence-electron chi connectivity index (χ0n) is 18.0. The second-order valence-corrected chi connectivity index (χ2v) is 9.17. The normalized spacial score (nSPS) is 14.6. The van der Waals surface area contributed by atoms with Crippen LogP contribution in [0, 0.1) is 6.92 Å². The second-order valence-electron chi connectivity index (χ2n) is 7.91. The van der Waals surface area contributed by atoms with E-state index in [1.165, 1.54) is 5.56 Å². The monoisotopic (exact) mass is 436 g/mol. The van der Waals surface area contributed by atoms with Crippen LogP contribution in [-0.4, -0.2) is 43.9 Å². The van der Waals surface area contributed by atoms with Crippen LogP contribution in [0.4, 0.5) is 4.79 Å². The number of nitrogens with zero attached hydrogens (tertiary/aromatic N) is 4. The molecule has 1 amide bonds. The number of hydrogen-bond donors (Lipinski definition) is 0. The highest BCUT2D eigenvalue weighted by Crippen LogP contribution is 2.29. The first kappa shape index (κ1) is 21.4. The molecule has 31 heavy (non-hydrogen) atoms. The SMILES string of the molecule is Cc1cccc(CCc2ccc(OC(=O)N3CCC(Sc4nccn4C)CC3)cc2)n1. The zero-order valence-corrected chi connectivity index (χ0v) is 18.8. The van der Waals surface area contributed by atoms with Gasteiger partial charge in [-0.25, -0.2) is 9.78 Å². The number of thioether (sulfide) groups is 1. The molecule has 0 N–H and O–H groups in total. The van der Waals surface area contributed by atoms with Gasteiger partial charge in [-0.3, -0.25) is 4.98 Å². The van der Waals surface area contributed by atoms with Gasteiger partial charge in [0.1, 0.15) is 5.75 Å². The maximum absolute atomic E-state index is 12.5. The third-order valence-electron chi connectivity index (χ3n) is 5.49. The maximum atomic E-state index is 12.5. The molecule has 1 aliphatic rings. The van der Waals surface area contributed by atoms with Crippen LogP contribution in [0.5, 0.6) is 5.75 Å². The van der Waals surface area contributed by atoms with E-state index in [-0.39, 0.29) is 6.09 Å². The van der Waals surface area contributed by atoms with Gasteiger partial charge in [-0.15, -0.1) is 0 Å². The quantitative estimate of drug-likeness (QED) is 0.562. The van der Waals surface area contributed by atoms with Crippen molar-refractivity contribution < 1.29 is 9.53 Å². The minimum absolute atomic E-state index is 0.267. The Morgan fingerprint density at radius 2 is 1.90 bits per heavy atom. The Balaban J connectivity index is 1.23. The van der Waals surface area contributed by atoms with Crippen LogP contribution >= 0.6 is 11.8 Å². The molecule has 1 fully saturated rings. The van der Waals surface area contributed by atoms with Crippen molar-refractivity contribution in [2.45, 2.75) is 43.0 Å². The van der Waals surface area contributed by atoms with Crippen molar-refractivity contribution in [3.63, 3.8) is 0 Å². The highest BCUT2D eigenvalue weighted by atomic mass is 32.2. The van der Waals surface area contributed by atoms with Crippen LogP contribution in [0.2, 0.25) is 0 Å². The number of pyridine rings is 1. The molecule has 3 heterocycles. The fourth-order valence-corrected chi connectivity index (χ4v) is 4.76. The Hall–Kier alpha value is -2.80. The molecule has 6 nitrogen and oxygen atoms in total. The number of aromatic nitrogens is 3. The van der Waals surface area contributed by atoms with E-state index in [1.807, 2.05) is 67.3 Å². The molecule has 162 valence electrons. The number of imidazole rings is 1. The molecule has 0 saturated carbocycles. The number of benzene rings is 1. The molecule has 0 unspecified atom stereocenters. The smallest absolute Gasteiger partial charge is 0.410 e. The summed E-state index contributed by atoms with van der Waals surface area (Å²) in [5.41, 5.74) is 3.34. The van der Waals surface area contributed by atoms with Crippen molar-refractivity contribution in [2.75, 3.05) is 13.1 Å². The molecular formula is C24H28N4O2S. The molecule has 4 rings (SSSR count). The lowest BCUT2D eigenvalue weighted by molar-refractivity contribution is 0.143. The molecule has 2 aromatic heterocycles. The van der Waals surface area contributed by atoms with Gasteiger partial charge in [0, 0.05) is 49.2 Å². The van der Waals surface area contributed by atoms with Gasteiger partial charge in [-0.1, -0.05) is 30.0 Å². The highest BCUT2D eigenvalue weighted by molar-refractivity contribution is 7.99. The summed E-state index contributed by atoms with van der Waals surface area (Å²) in [5.74, 6) is 0.590. The fourth-order valence-electron chi connectivity index (χ4n) is 3.67. The van der Waals surface area contributed by atoms with Gasteiger partial charge in [-0.05, 0) is 62.4 Å². The summed E-state index contributed by atoms with van der Waals surface area (Å²) in [4.78, 5) is 23.3. The van der Waals surface area contributed by atoms with Gasteiger partial charge in [0.05, 0.1) is 0 Å². The highest BCUT2D eigenvalue weighted by Gasteiger charge is 2.25. The number of amides is 1. The third-order valence-corrected chi connectivity index (χ3v) is 6.90. The number of ether oxygens (including phenoxy) is 1. The van der Waals surface area contributed by atoms with Crippen LogP contribution < -0.4 is 4.74 Å². The Labute approximate surface area is 187 Å².